The number of alkyl halides is 3. The van der Waals surface area contributed by atoms with E-state index in [9.17, 15) is 13.2 Å². The average Bonchev–Trinajstić information content (AvgIpc) is 2.80. The van der Waals surface area contributed by atoms with Crippen LogP contribution in [0, 0.1) is 0 Å². The number of hydrogen-bond donors (Lipinski definition) is 1. The van der Waals surface area contributed by atoms with E-state index in [0.29, 0.717) is 16.8 Å². The topological polar surface area (TPSA) is 47.0 Å². The lowest BCUT2D eigenvalue weighted by Gasteiger charge is -2.10. The highest BCUT2D eigenvalue weighted by atomic mass is 32.1. The Balaban J connectivity index is 2.26. The summed E-state index contributed by atoms with van der Waals surface area (Å²) in [5.41, 5.74) is 0. The first-order chi connectivity index (χ1) is 8.99. The standard InChI is InChI=1S/C11H12F3N3OS/c1-2-4-15-10-16-8(18-6-11(12,13)14)7-3-5-19-9(7)17-10/h3,5H,2,4,6H2,1H3,(H,15,16,17). The van der Waals surface area contributed by atoms with Gasteiger partial charge in [-0.25, -0.2) is 4.98 Å². The van der Waals surface area contributed by atoms with Crippen LogP contribution in [0.1, 0.15) is 13.3 Å². The Morgan fingerprint density at radius 1 is 1.37 bits per heavy atom. The van der Waals surface area contributed by atoms with Crippen molar-refractivity contribution >= 4 is 27.5 Å². The van der Waals surface area contributed by atoms with Crippen molar-refractivity contribution < 1.29 is 17.9 Å². The number of aromatic nitrogens is 2. The number of hydrogen-bond acceptors (Lipinski definition) is 5. The molecule has 0 amide bonds. The van der Waals surface area contributed by atoms with Crippen LogP contribution < -0.4 is 10.1 Å². The van der Waals surface area contributed by atoms with Gasteiger partial charge in [-0.15, -0.1) is 11.3 Å². The summed E-state index contributed by atoms with van der Waals surface area (Å²) < 4.78 is 41.3. The Hall–Kier alpha value is -1.57. The van der Waals surface area contributed by atoms with Crippen LogP contribution >= 0.6 is 11.3 Å². The SMILES string of the molecule is CCCNc1nc(OCC(F)(F)F)c2ccsc2n1. The van der Waals surface area contributed by atoms with E-state index in [0.717, 1.165) is 6.42 Å². The zero-order valence-corrected chi connectivity index (χ0v) is 10.9. The van der Waals surface area contributed by atoms with Gasteiger partial charge in [0.1, 0.15) is 4.83 Å². The van der Waals surface area contributed by atoms with Gasteiger partial charge in [-0.3, -0.25) is 0 Å². The van der Waals surface area contributed by atoms with Crippen molar-refractivity contribution in [3.8, 4) is 5.88 Å². The molecule has 0 radical (unpaired) electrons. The molecule has 0 bridgehead atoms. The molecule has 2 aromatic rings. The largest absolute Gasteiger partial charge is 0.467 e. The summed E-state index contributed by atoms with van der Waals surface area (Å²) in [6.45, 7) is 1.26. The molecule has 0 unspecified atom stereocenters. The lowest BCUT2D eigenvalue weighted by Crippen LogP contribution is -2.20. The fourth-order valence-corrected chi connectivity index (χ4v) is 2.16. The third-order valence-corrected chi connectivity index (χ3v) is 3.00. The Labute approximate surface area is 111 Å². The number of halogens is 3. The quantitative estimate of drug-likeness (QED) is 0.916. The van der Waals surface area contributed by atoms with Crippen LogP contribution in [0.3, 0.4) is 0 Å². The summed E-state index contributed by atoms with van der Waals surface area (Å²) in [5.74, 6) is 0.246. The summed E-state index contributed by atoms with van der Waals surface area (Å²) in [6.07, 6.45) is -3.52. The molecular weight excluding hydrogens is 279 g/mol. The molecule has 1 N–H and O–H groups in total. The maximum atomic E-state index is 12.2. The van der Waals surface area contributed by atoms with E-state index < -0.39 is 12.8 Å². The maximum absolute atomic E-state index is 12.2. The summed E-state index contributed by atoms with van der Waals surface area (Å²) in [7, 11) is 0. The minimum Gasteiger partial charge on any atom is -0.467 e. The average molecular weight is 291 g/mol. The fourth-order valence-electron chi connectivity index (χ4n) is 1.40. The molecule has 2 aromatic heterocycles. The van der Waals surface area contributed by atoms with Crippen LogP contribution in [0.25, 0.3) is 10.2 Å². The van der Waals surface area contributed by atoms with Crippen molar-refractivity contribution in [2.24, 2.45) is 0 Å². The molecule has 0 atom stereocenters. The van der Waals surface area contributed by atoms with E-state index in [1.165, 1.54) is 11.3 Å². The lowest BCUT2D eigenvalue weighted by atomic mass is 10.4. The van der Waals surface area contributed by atoms with Crippen LogP contribution in [0.4, 0.5) is 19.1 Å². The second-order valence-corrected chi connectivity index (χ2v) is 4.72. The number of fused-ring (bicyclic) bond motifs is 1. The van der Waals surface area contributed by atoms with Crippen molar-refractivity contribution in [1.29, 1.82) is 0 Å². The fraction of sp³-hybridized carbons (Fsp3) is 0.455. The van der Waals surface area contributed by atoms with Gasteiger partial charge in [0.05, 0.1) is 5.39 Å². The van der Waals surface area contributed by atoms with Gasteiger partial charge in [0.25, 0.3) is 0 Å². The molecule has 2 heterocycles. The van der Waals surface area contributed by atoms with Crippen molar-refractivity contribution in [3.05, 3.63) is 11.4 Å². The minimum absolute atomic E-state index is 0.0396. The minimum atomic E-state index is -4.38. The predicted molar refractivity (Wildman–Crippen MR) is 67.7 cm³/mol. The molecule has 0 saturated carbocycles. The second kappa shape index (κ2) is 5.60. The molecule has 4 nitrogen and oxygen atoms in total. The first-order valence-corrected chi connectivity index (χ1v) is 6.56. The molecule has 2 rings (SSSR count). The van der Waals surface area contributed by atoms with E-state index in [1.54, 1.807) is 11.4 Å². The van der Waals surface area contributed by atoms with Crippen molar-refractivity contribution in [1.82, 2.24) is 9.97 Å². The van der Waals surface area contributed by atoms with Crippen LogP contribution in [0.2, 0.25) is 0 Å². The van der Waals surface area contributed by atoms with Crippen molar-refractivity contribution in [3.63, 3.8) is 0 Å². The molecule has 0 spiro atoms. The van der Waals surface area contributed by atoms with Crippen LogP contribution in [-0.2, 0) is 0 Å². The number of nitrogens with one attached hydrogen (secondary N) is 1. The van der Waals surface area contributed by atoms with Gasteiger partial charge in [-0.1, -0.05) is 6.92 Å². The normalized spacial score (nSPS) is 11.8. The lowest BCUT2D eigenvalue weighted by molar-refractivity contribution is -0.153. The van der Waals surface area contributed by atoms with Crippen LogP contribution in [0.15, 0.2) is 11.4 Å². The van der Waals surface area contributed by atoms with E-state index in [-0.39, 0.29) is 11.8 Å². The molecular formula is C11H12F3N3OS. The highest BCUT2D eigenvalue weighted by Gasteiger charge is 2.29. The molecule has 0 aliphatic heterocycles. The van der Waals surface area contributed by atoms with Gasteiger partial charge >= 0.3 is 6.18 Å². The molecule has 0 saturated heterocycles. The number of anilines is 1. The third kappa shape index (κ3) is 3.69. The molecule has 104 valence electrons. The summed E-state index contributed by atoms with van der Waals surface area (Å²) in [5, 5.41) is 5.17. The maximum Gasteiger partial charge on any atom is 0.422 e. The Morgan fingerprint density at radius 2 is 2.16 bits per heavy atom. The van der Waals surface area contributed by atoms with Gasteiger partial charge in [0, 0.05) is 6.54 Å². The number of ether oxygens (including phenoxy) is 1. The number of thiophene rings is 1. The van der Waals surface area contributed by atoms with Crippen LogP contribution in [0.5, 0.6) is 5.88 Å². The first kappa shape index (κ1) is 13.9. The molecule has 0 aromatic carbocycles. The summed E-state index contributed by atoms with van der Waals surface area (Å²) in [4.78, 5) is 8.79. The Kier molecular flexibility index (Phi) is 4.08. The second-order valence-electron chi connectivity index (χ2n) is 3.82. The first-order valence-electron chi connectivity index (χ1n) is 5.68. The van der Waals surface area contributed by atoms with Gasteiger partial charge in [-0.2, -0.15) is 18.2 Å². The zero-order chi connectivity index (χ0) is 13.9. The molecule has 19 heavy (non-hydrogen) atoms. The van der Waals surface area contributed by atoms with E-state index in [4.69, 9.17) is 4.74 Å². The number of nitrogens with zero attached hydrogens (tertiary/aromatic N) is 2. The highest BCUT2D eigenvalue weighted by molar-refractivity contribution is 7.16. The van der Waals surface area contributed by atoms with Gasteiger partial charge in [0.15, 0.2) is 6.61 Å². The summed E-state index contributed by atoms with van der Waals surface area (Å²) >= 11 is 1.33. The Morgan fingerprint density at radius 3 is 2.84 bits per heavy atom. The van der Waals surface area contributed by atoms with Gasteiger partial charge in [-0.05, 0) is 17.9 Å². The zero-order valence-electron chi connectivity index (χ0n) is 10.1. The van der Waals surface area contributed by atoms with E-state index in [1.807, 2.05) is 6.92 Å². The van der Waals surface area contributed by atoms with E-state index >= 15 is 0 Å². The predicted octanol–water partition coefficient (Wildman–Crippen LogP) is 3.45. The Bertz CT molecular complexity index is 556. The molecule has 0 aliphatic carbocycles. The third-order valence-electron chi connectivity index (χ3n) is 2.20. The van der Waals surface area contributed by atoms with Gasteiger partial charge in [0.2, 0.25) is 11.8 Å². The molecule has 0 fully saturated rings. The number of rotatable bonds is 5. The van der Waals surface area contributed by atoms with Gasteiger partial charge < -0.3 is 10.1 Å². The van der Waals surface area contributed by atoms with E-state index in [2.05, 4.69) is 15.3 Å². The monoisotopic (exact) mass is 291 g/mol. The van der Waals surface area contributed by atoms with Crippen LogP contribution in [-0.4, -0.2) is 29.3 Å². The van der Waals surface area contributed by atoms with Crippen molar-refractivity contribution in [2.75, 3.05) is 18.5 Å². The molecule has 8 heteroatoms. The summed E-state index contributed by atoms with van der Waals surface area (Å²) in [6, 6.07) is 1.65. The molecule has 0 aliphatic rings. The van der Waals surface area contributed by atoms with Crippen molar-refractivity contribution in [2.45, 2.75) is 19.5 Å². The highest BCUT2D eigenvalue weighted by Crippen LogP contribution is 2.29. The smallest absolute Gasteiger partial charge is 0.422 e.